The Kier molecular flexibility index (Phi) is 4.01. The zero-order valence-electron chi connectivity index (χ0n) is 14.6. The van der Waals surface area contributed by atoms with Crippen LogP contribution in [-0.4, -0.2) is 46.0 Å². The Morgan fingerprint density at radius 3 is 2.76 bits per heavy atom. The van der Waals surface area contributed by atoms with Crippen LogP contribution in [0.3, 0.4) is 0 Å². The lowest BCUT2D eigenvalue weighted by Crippen LogP contribution is -2.51. The molecule has 2 aromatic carbocycles. The molecule has 0 radical (unpaired) electrons. The molecule has 25 heavy (non-hydrogen) atoms. The highest BCUT2D eigenvalue weighted by Gasteiger charge is 2.22. The summed E-state index contributed by atoms with van der Waals surface area (Å²) >= 11 is 0. The minimum atomic E-state index is 0.0853. The van der Waals surface area contributed by atoms with Crippen molar-refractivity contribution in [3.05, 3.63) is 59.9 Å². The van der Waals surface area contributed by atoms with Gasteiger partial charge in [-0.1, -0.05) is 18.2 Å². The molecular formula is C20H22N4O. The molecule has 0 bridgehead atoms. The Labute approximate surface area is 147 Å². The van der Waals surface area contributed by atoms with Crippen molar-refractivity contribution < 1.29 is 4.79 Å². The zero-order valence-corrected chi connectivity index (χ0v) is 14.6. The molecule has 1 unspecified atom stereocenters. The first-order chi connectivity index (χ1) is 12.1. The molecule has 1 aliphatic rings. The van der Waals surface area contributed by atoms with E-state index in [0.717, 1.165) is 42.2 Å². The van der Waals surface area contributed by atoms with Crippen LogP contribution in [0.5, 0.6) is 0 Å². The zero-order chi connectivity index (χ0) is 17.4. The summed E-state index contributed by atoms with van der Waals surface area (Å²) in [6, 6.07) is 16.3. The van der Waals surface area contributed by atoms with Crippen molar-refractivity contribution in [3.8, 4) is 5.69 Å². The number of rotatable bonds is 2. The number of para-hydroxylation sites is 1. The van der Waals surface area contributed by atoms with Crippen LogP contribution in [0.1, 0.15) is 23.1 Å². The number of amides is 1. The molecule has 3 aromatic rings. The summed E-state index contributed by atoms with van der Waals surface area (Å²) in [4.78, 5) is 19.4. The number of hydrogen-bond acceptors (Lipinski definition) is 3. The minimum Gasteiger partial charge on any atom is -0.336 e. The van der Waals surface area contributed by atoms with Gasteiger partial charge in [0, 0.05) is 36.9 Å². The topological polar surface area (TPSA) is 50.2 Å². The molecule has 1 amide bonds. The minimum absolute atomic E-state index is 0.0853. The van der Waals surface area contributed by atoms with Gasteiger partial charge in [0.25, 0.3) is 5.91 Å². The third kappa shape index (κ3) is 2.91. The van der Waals surface area contributed by atoms with E-state index in [1.807, 2.05) is 48.2 Å². The first-order valence-electron chi connectivity index (χ1n) is 8.70. The van der Waals surface area contributed by atoms with Gasteiger partial charge in [-0.3, -0.25) is 9.36 Å². The number of hydrogen-bond donors (Lipinski definition) is 1. The fraction of sp³-hybridized carbons (Fsp3) is 0.300. The van der Waals surface area contributed by atoms with Crippen LogP contribution >= 0.6 is 0 Å². The fourth-order valence-corrected chi connectivity index (χ4v) is 3.54. The van der Waals surface area contributed by atoms with Crippen LogP contribution in [0.4, 0.5) is 0 Å². The second-order valence-corrected chi connectivity index (χ2v) is 6.64. The highest BCUT2D eigenvalue weighted by molar-refractivity contribution is 5.97. The van der Waals surface area contributed by atoms with Gasteiger partial charge in [-0.05, 0) is 44.2 Å². The van der Waals surface area contributed by atoms with Crippen molar-refractivity contribution in [3.63, 3.8) is 0 Å². The Balaban J connectivity index is 1.71. The molecule has 1 aliphatic heterocycles. The van der Waals surface area contributed by atoms with Gasteiger partial charge >= 0.3 is 0 Å². The third-order valence-corrected chi connectivity index (χ3v) is 4.74. The lowest BCUT2D eigenvalue weighted by molar-refractivity contribution is 0.0709. The van der Waals surface area contributed by atoms with Crippen molar-refractivity contribution in [2.75, 3.05) is 19.6 Å². The van der Waals surface area contributed by atoms with Crippen LogP contribution in [0.25, 0.3) is 16.7 Å². The number of carbonyl (C=O) groups is 1. The molecule has 1 aromatic heterocycles. The normalized spacial score (nSPS) is 17.8. The van der Waals surface area contributed by atoms with Crippen LogP contribution in [0, 0.1) is 6.92 Å². The van der Waals surface area contributed by atoms with E-state index in [9.17, 15) is 4.79 Å². The van der Waals surface area contributed by atoms with Gasteiger partial charge < -0.3 is 10.2 Å². The maximum Gasteiger partial charge on any atom is 0.254 e. The third-order valence-electron chi connectivity index (χ3n) is 4.74. The largest absolute Gasteiger partial charge is 0.336 e. The predicted molar refractivity (Wildman–Crippen MR) is 99.2 cm³/mol. The van der Waals surface area contributed by atoms with Crippen LogP contribution < -0.4 is 5.32 Å². The van der Waals surface area contributed by atoms with Crippen molar-refractivity contribution in [2.24, 2.45) is 0 Å². The molecule has 4 rings (SSSR count). The number of aryl methyl sites for hydroxylation is 1. The Morgan fingerprint density at radius 2 is 2.00 bits per heavy atom. The summed E-state index contributed by atoms with van der Waals surface area (Å²) in [6.07, 6.45) is 0. The molecule has 0 aliphatic carbocycles. The van der Waals surface area contributed by atoms with Crippen molar-refractivity contribution in [2.45, 2.75) is 19.9 Å². The molecule has 1 N–H and O–H groups in total. The van der Waals surface area contributed by atoms with E-state index in [1.54, 1.807) is 0 Å². The lowest BCUT2D eigenvalue weighted by atomic mass is 10.1. The van der Waals surface area contributed by atoms with Gasteiger partial charge in [0.15, 0.2) is 0 Å². The van der Waals surface area contributed by atoms with Gasteiger partial charge in [0.05, 0.1) is 11.0 Å². The quantitative estimate of drug-likeness (QED) is 0.784. The number of aromatic nitrogens is 2. The van der Waals surface area contributed by atoms with Gasteiger partial charge in [0.2, 0.25) is 0 Å². The van der Waals surface area contributed by atoms with Crippen LogP contribution in [0.2, 0.25) is 0 Å². The van der Waals surface area contributed by atoms with E-state index in [0.29, 0.717) is 11.6 Å². The van der Waals surface area contributed by atoms with Crippen molar-refractivity contribution in [1.29, 1.82) is 0 Å². The molecule has 1 atom stereocenters. The SMILES string of the molecule is Cc1nc2cc(C(=O)N3CCNC(C)C3)ccc2n1-c1ccccc1. The van der Waals surface area contributed by atoms with Crippen molar-refractivity contribution in [1.82, 2.24) is 19.8 Å². The number of carbonyl (C=O) groups excluding carboxylic acids is 1. The van der Waals surface area contributed by atoms with E-state index in [1.165, 1.54) is 0 Å². The molecule has 5 nitrogen and oxygen atoms in total. The molecule has 1 saturated heterocycles. The molecule has 1 fully saturated rings. The standard InChI is InChI=1S/C20H22N4O/c1-14-13-23(11-10-21-14)20(25)16-8-9-19-18(12-16)22-15(2)24(19)17-6-4-3-5-7-17/h3-9,12,14,21H,10-11,13H2,1-2H3. The summed E-state index contributed by atoms with van der Waals surface area (Å²) < 4.78 is 2.12. The summed E-state index contributed by atoms with van der Waals surface area (Å²) in [5.74, 6) is 1.00. The fourth-order valence-electron chi connectivity index (χ4n) is 3.54. The van der Waals surface area contributed by atoms with Gasteiger partial charge in [0.1, 0.15) is 5.82 Å². The second-order valence-electron chi connectivity index (χ2n) is 6.64. The lowest BCUT2D eigenvalue weighted by Gasteiger charge is -2.31. The predicted octanol–water partition coefficient (Wildman–Crippen LogP) is 2.77. The van der Waals surface area contributed by atoms with Crippen LogP contribution in [0.15, 0.2) is 48.5 Å². The van der Waals surface area contributed by atoms with Gasteiger partial charge in [-0.2, -0.15) is 0 Å². The molecular weight excluding hydrogens is 312 g/mol. The van der Waals surface area contributed by atoms with Crippen molar-refractivity contribution >= 4 is 16.9 Å². The van der Waals surface area contributed by atoms with E-state index in [2.05, 4.69) is 33.9 Å². The number of piperazine rings is 1. The van der Waals surface area contributed by atoms with Gasteiger partial charge in [-0.25, -0.2) is 4.98 Å². The summed E-state index contributed by atoms with van der Waals surface area (Å²) in [7, 11) is 0. The number of fused-ring (bicyclic) bond motifs is 1. The molecule has 0 saturated carbocycles. The maximum absolute atomic E-state index is 12.8. The molecule has 128 valence electrons. The number of nitrogens with zero attached hydrogens (tertiary/aromatic N) is 3. The molecule has 2 heterocycles. The number of imidazole rings is 1. The summed E-state index contributed by atoms with van der Waals surface area (Å²) in [6.45, 7) is 6.43. The van der Waals surface area contributed by atoms with E-state index >= 15 is 0 Å². The van der Waals surface area contributed by atoms with Gasteiger partial charge in [-0.15, -0.1) is 0 Å². The monoisotopic (exact) mass is 334 g/mol. The van der Waals surface area contributed by atoms with E-state index in [4.69, 9.17) is 0 Å². The van der Waals surface area contributed by atoms with Crippen LogP contribution in [-0.2, 0) is 0 Å². The highest BCUT2D eigenvalue weighted by Crippen LogP contribution is 2.23. The average Bonchev–Trinajstić information content (AvgIpc) is 2.96. The highest BCUT2D eigenvalue weighted by atomic mass is 16.2. The molecule has 0 spiro atoms. The van der Waals surface area contributed by atoms with E-state index < -0.39 is 0 Å². The number of nitrogens with one attached hydrogen (secondary N) is 1. The number of benzene rings is 2. The summed E-state index contributed by atoms with van der Waals surface area (Å²) in [5.41, 5.74) is 3.67. The second kappa shape index (κ2) is 6.33. The Hall–Kier alpha value is -2.66. The van der Waals surface area contributed by atoms with E-state index in [-0.39, 0.29) is 5.91 Å². The Morgan fingerprint density at radius 1 is 1.20 bits per heavy atom. The maximum atomic E-state index is 12.8. The first-order valence-corrected chi connectivity index (χ1v) is 8.70. The smallest absolute Gasteiger partial charge is 0.254 e. The average molecular weight is 334 g/mol. The molecule has 5 heteroatoms. The Bertz CT molecular complexity index is 916. The first kappa shape index (κ1) is 15.8. The summed E-state index contributed by atoms with van der Waals surface area (Å²) in [5, 5.41) is 3.37.